The first-order chi connectivity index (χ1) is 10.5. The van der Waals surface area contributed by atoms with Crippen molar-refractivity contribution in [1.29, 1.82) is 5.26 Å². The Bertz CT molecular complexity index is 803. The molecule has 0 N–H and O–H groups in total. The lowest BCUT2D eigenvalue weighted by atomic mass is 10.1. The molecule has 0 aliphatic heterocycles. The smallest absolute Gasteiger partial charge is 0.285 e. The zero-order valence-electron chi connectivity index (χ0n) is 12.7. The first kappa shape index (κ1) is 15.4. The number of hydrogen-bond acceptors (Lipinski definition) is 4. The van der Waals surface area contributed by atoms with Crippen molar-refractivity contribution in [3.05, 3.63) is 57.5 Å². The third-order valence-corrected chi connectivity index (χ3v) is 3.55. The molecule has 1 amide bonds. The van der Waals surface area contributed by atoms with Gasteiger partial charge in [-0.3, -0.25) is 9.59 Å². The first-order valence-electron chi connectivity index (χ1n) is 6.75. The van der Waals surface area contributed by atoms with Crippen LogP contribution in [0.25, 0.3) is 0 Å². The maximum atomic E-state index is 12.3. The van der Waals surface area contributed by atoms with Gasteiger partial charge in [0.25, 0.3) is 5.56 Å². The molecular formula is C16H16N4O2. The number of carbonyl (C=O) groups is 1. The second-order valence-corrected chi connectivity index (χ2v) is 4.95. The molecule has 1 aromatic carbocycles. The molecule has 0 saturated carbocycles. The molecule has 1 aromatic heterocycles. The van der Waals surface area contributed by atoms with Crippen LogP contribution in [0.15, 0.2) is 35.1 Å². The van der Waals surface area contributed by atoms with Crippen molar-refractivity contribution < 1.29 is 4.79 Å². The molecule has 112 valence electrons. The van der Waals surface area contributed by atoms with Gasteiger partial charge in [-0.15, -0.1) is 0 Å². The molecule has 0 spiro atoms. The summed E-state index contributed by atoms with van der Waals surface area (Å²) in [6.45, 7) is 3.17. The lowest BCUT2D eigenvalue weighted by Crippen LogP contribution is -2.36. The SMILES string of the molecule is Cc1nn(CC(=O)N(C)c2ccccc2)c(=O)c(C#N)c1C. The van der Waals surface area contributed by atoms with Gasteiger partial charge < -0.3 is 4.90 Å². The number of benzene rings is 1. The van der Waals surface area contributed by atoms with E-state index in [1.54, 1.807) is 33.0 Å². The number of carbonyl (C=O) groups excluding carboxylic acids is 1. The van der Waals surface area contributed by atoms with Crippen LogP contribution < -0.4 is 10.5 Å². The summed E-state index contributed by atoms with van der Waals surface area (Å²) in [7, 11) is 1.63. The third-order valence-electron chi connectivity index (χ3n) is 3.55. The van der Waals surface area contributed by atoms with Gasteiger partial charge in [0.2, 0.25) is 5.91 Å². The summed E-state index contributed by atoms with van der Waals surface area (Å²) in [5.74, 6) is -0.284. The van der Waals surface area contributed by atoms with Gasteiger partial charge in [0.05, 0.1) is 5.69 Å². The Hall–Kier alpha value is -2.94. The van der Waals surface area contributed by atoms with Crippen LogP contribution in [0.5, 0.6) is 0 Å². The summed E-state index contributed by atoms with van der Waals surface area (Å²) < 4.78 is 1.04. The van der Waals surface area contributed by atoms with Gasteiger partial charge in [0, 0.05) is 12.7 Å². The predicted octanol–water partition coefficient (Wildman–Crippen LogP) is 1.39. The number of nitrogens with zero attached hydrogens (tertiary/aromatic N) is 4. The number of anilines is 1. The van der Waals surface area contributed by atoms with Gasteiger partial charge in [-0.1, -0.05) is 18.2 Å². The van der Waals surface area contributed by atoms with E-state index in [9.17, 15) is 9.59 Å². The van der Waals surface area contributed by atoms with Gasteiger partial charge in [-0.25, -0.2) is 4.68 Å². The average Bonchev–Trinajstić information content (AvgIpc) is 2.53. The van der Waals surface area contributed by atoms with Crippen molar-refractivity contribution in [2.45, 2.75) is 20.4 Å². The van der Waals surface area contributed by atoms with Crippen LogP contribution in [-0.2, 0) is 11.3 Å². The second-order valence-electron chi connectivity index (χ2n) is 4.95. The van der Waals surface area contributed by atoms with E-state index >= 15 is 0 Å². The fourth-order valence-electron chi connectivity index (χ4n) is 2.04. The number of nitriles is 1. The van der Waals surface area contributed by atoms with E-state index < -0.39 is 5.56 Å². The van der Waals surface area contributed by atoms with Crippen molar-refractivity contribution in [3.63, 3.8) is 0 Å². The van der Waals surface area contributed by atoms with Crippen LogP contribution in [0, 0.1) is 25.2 Å². The Morgan fingerprint density at radius 3 is 2.55 bits per heavy atom. The lowest BCUT2D eigenvalue weighted by Gasteiger charge is -2.18. The Balaban J connectivity index is 2.32. The highest BCUT2D eigenvalue weighted by molar-refractivity contribution is 5.92. The molecule has 22 heavy (non-hydrogen) atoms. The van der Waals surface area contributed by atoms with E-state index in [2.05, 4.69) is 5.10 Å². The molecule has 0 saturated heterocycles. The molecule has 2 aromatic rings. The Morgan fingerprint density at radius 2 is 1.95 bits per heavy atom. The van der Waals surface area contributed by atoms with Crippen LogP contribution in [0.4, 0.5) is 5.69 Å². The van der Waals surface area contributed by atoms with Crippen LogP contribution >= 0.6 is 0 Å². The third kappa shape index (κ3) is 2.88. The van der Waals surface area contributed by atoms with E-state index in [4.69, 9.17) is 5.26 Å². The van der Waals surface area contributed by atoms with Crippen LogP contribution in [0.1, 0.15) is 16.8 Å². The number of aromatic nitrogens is 2. The second kappa shape index (κ2) is 6.22. The molecule has 0 unspecified atom stereocenters. The van der Waals surface area contributed by atoms with Gasteiger partial charge in [0.15, 0.2) is 0 Å². The van der Waals surface area contributed by atoms with Gasteiger partial charge >= 0.3 is 0 Å². The zero-order chi connectivity index (χ0) is 16.3. The molecule has 0 fully saturated rings. The summed E-state index contributed by atoms with van der Waals surface area (Å²) in [5.41, 5.74) is 1.33. The predicted molar refractivity (Wildman–Crippen MR) is 82.5 cm³/mol. The average molecular weight is 296 g/mol. The molecule has 6 heteroatoms. The van der Waals surface area contributed by atoms with Crippen LogP contribution in [0.3, 0.4) is 0 Å². The number of rotatable bonds is 3. The largest absolute Gasteiger partial charge is 0.314 e. The minimum Gasteiger partial charge on any atom is -0.314 e. The molecular weight excluding hydrogens is 280 g/mol. The molecule has 0 aliphatic carbocycles. The molecule has 6 nitrogen and oxygen atoms in total. The fourth-order valence-corrected chi connectivity index (χ4v) is 2.04. The van der Waals surface area contributed by atoms with Crippen molar-refractivity contribution in [2.75, 3.05) is 11.9 Å². The number of aryl methyl sites for hydroxylation is 1. The Labute approximate surface area is 128 Å². The summed E-state index contributed by atoms with van der Waals surface area (Å²) in [6, 6.07) is 11.0. The van der Waals surface area contributed by atoms with Crippen LogP contribution in [-0.4, -0.2) is 22.7 Å². The van der Waals surface area contributed by atoms with E-state index in [0.29, 0.717) is 11.3 Å². The minimum atomic E-state index is -0.541. The van der Waals surface area contributed by atoms with Crippen molar-refractivity contribution in [1.82, 2.24) is 9.78 Å². The monoisotopic (exact) mass is 296 g/mol. The van der Waals surface area contributed by atoms with Crippen molar-refractivity contribution in [3.8, 4) is 6.07 Å². The molecule has 0 bridgehead atoms. The molecule has 0 radical (unpaired) electrons. The van der Waals surface area contributed by atoms with Crippen molar-refractivity contribution in [2.24, 2.45) is 0 Å². The maximum Gasteiger partial charge on any atom is 0.285 e. The summed E-state index contributed by atoms with van der Waals surface area (Å²) >= 11 is 0. The highest BCUT2D eigenvalue weighted by atomic mass is 16.2. The topological polar surface area (TPSA) is 79.0 Å². The van der Waals surface area contributed by atoms with Crippen LogP contribution in [0.2, 0.25) is 0 Å². The number of amides is 1. The number of likely N-dealkylation sites (N-methyl/N-ethyl adjacent to an activating group) is 1. The molecule has 0 atom stereocenters. The number of hydrogen-bond donors (Lipinski definition) is 0. The van der Waals surface area contributed by atoms with E-state index in [1.165, 1.54) is 4.90 Å². The number of para-hydroxylation sites is 1. The fraction of sp³-hybridized carbons (Fsp3) is 0.250. The van der Waals surface area contributed by atoms with E-state index in [1.807, 2.05) is 24.3 Å². The lowest BCUT2D eigenvalue weighted by molar-refractivity contribution is -0.119. The molecule has 0 aliphatic rings. The quantitative estimate of drug-likeness (QED) is 0.857. The Morgan fingerprint density at radius 1 is 1.32 bits per heavy atom. The highest BCUT2D eigenvalue weighted by Crippen LogP contribution is 2.11. The van der Waals surface area contributed by atoms with E-state index in [-0.39, 0.29) is 18.0 Å². The summed E-state index contributed by atoms with van der Waals surface area (Å²) in [6.07, 6.45) is 0. The van der Waals surface area contributed by atoms with E-state index in [0.717, 1.165) is 10.4 Å². The normalized spacial score (nSPS) is 10.1. The molecule has 2 rings (SSSR count). The Kier molecular flexibility index (Phi) is 4.37. The van der Waals surface area contributed by atoms with Gasteiger partial charge in [0.1, 0.15) is 18.2 Å². The van der Waals surface area contributed by atoms with Crippen molar-refractivity contribution >= 4 is 11.6 Å². The van der Waals surface area contributed by atoms with Gasteiger partial charge in [-0.2, -0.15) is 10.4 Å². The molecule has 1 heterocycles. The maximum absolute atomic E-state index is 12.3. The minimum absolute atomic E-state index is 0.0302. The summed E-state index contributed by atoms with van der Waals surface area (Å²) in [4.78, 5) is 25.9. The zero-order valence-corrected chi connectivity index (χ0v) is 12.7. The summed E-state index contributed by atoms with van der Waals surface area (Å²) in [5, 5.41) is 13.2. The van der Waals surface area contributed by atoms with Gasteiger partial charge in [-0.05, 0) is 31.5 Å². The first-order valence-corrected chi connectivity index (χ1v) is 6.75. The standard InChI is InChI=1S/C16H16N4O2/c1-11-12(2)18-20(16(22)14(11)9-17)10-15(21)19(3)13-7-5-4-6-8-13/h4-8H,10H2,1-3H3. The highest BCUT2D eigenvalue weighted by Gasteiger charge is 2.16.